The summed E-state index contributed by atoms with van der Waals surface area (Å²) in [5.74, 6) is 1.81. The van der Waals surface area contributed by atoms with E-state index in [1.165, 1.54) is 0 Å². The molecular formula is C34H41N11O4S. The zero-order valence-corrected chi connectivity index (χ0v) is 29.3. The molecule has 2 saturated heterocycles. The van der Waals surface area contributed by atoms with E-state index >= 15 is 0 Å². The lowest BCUT2D eigenvalue weighted by Crippen LogP contribution is -2.50. The van der Waals surface area contributed by atoms with Gasteiger partial charge in [-0.15, -0.1) is 10.2 Å². The molecule has 4 N–H and O–H groups in total. The highest BCUT2D eigenvalue weighted by Crippen LogP contribution is 2.26. The highest BCUT2D eigenvalue weighted by atomic mass is 32.2. The summed E-state index contributed by atoms with van der Waals surface area (Å²) in [7, 11) is -3.71. The number of aryl methyl sites for hydroxylation is 1. The molecular weight excluding hydrogens is 659 g/mol. The molecule has 0 atom stereocenters. The van der Waals surface area contributed by atoms with Crippen molar-refractivity contribution in [1.82, 2.24) is 35.1 Å². The van der Waals surface area contributed by atoms with Crippen LogP contribution in [-0.4, -0.2) is 83.7 Å². The Bertz CT molecular complexity index is 1980. The van der Waals surface area contributed by atoms with E-state index < -0.39 is 15.6 Å². The fourth-order valence-corrected chi connectivity index (χ4v) is 7.19. The van der Waals surface area contributed by atoms with Crippen LogP contribution in [-0.2, 0) is 21.4 Å². The van der Waals surface area contributed by atoms with E-state index in [1.54, 1.807) is 56.1 Å². The van der Waals surface area contributed by atoms with Crippen molar-refractivity contribution in [3.8, 4) is 0 Å². The van der Waals surface area contributed by atoms with Crippen LogP contribution in [0.15, 0.2) is 71.8 Å². The molecule has 0 saturated carbocycles. The van der Waals surface area contributed by atoms with Gasteiger partial charge in [-0.2, -0.15) is 4.98 Å². The van der Waals surface area contributed by atoms with E-state index in [9.17, 15) is 18.0 Å². The van der Waals surface area contributed by atoms with E-state index in [1.807, 2.05) is 43.3 Å². The monoisotopic (exact) mass is 699 g/mol. The number of benzene rings is 2. The number of aromatic nitrogens is 4. The lowest BCUT2D eigenvalue weighted by Gasteiger charge is -2.36. The van der Waals surface area contributed by atoms with Crippen LogP contribution in [0.2, 0.25) is 0 Å². The molecule has 0 bridgehead atoms. The number of imide groups is 1. The maximum atomic E-state index is 12.8. The van der Waals surface area contributed by atoms with Crippen molar-refractivity contribution >= 4 is 56.7 Å². The van der Waals surface area contributed by atoms with Crippen molar-refractivity contribution in [3.63, 3.8) is 0 Å². The van der Waals surface area contributed by atoms with E-state index in [0.29, 0.717) is 36.4 Å². The Morgan fingerprint density at radius 2 is 1.68 bits per heavy atom. The summed E-state index contributed by atoms with van der Waals surface area (Å²) in [6.07, 6.45) is 1.95. The molecule has 262 valence electrons. The fraction of sp³-hybridized carbons (Fsp3) is 0.353. The molecule has 2 aliphatic heterocycles. The zero-order valence-electron chi connectivity index (χ0n) is 28.5. The predicted molar refractivity (Wildman–Crippen MR) is 191 cm³/mol. The predicted octanol–water partition coefficient (Wildman–Crippen LogP) is 3.91. The minimum absolute atomic E-state index is 0.146. The molecule has 2 aliphatic rings. The first-order valence-electron chi connectivity index (χ1n) is 16.3. The number of sulfonamides is 1. The van der Waals surface area contributed by atoms with Gasteiger partial charge in [-0.25, -0.2) is 22.9 Å². The van der Waals surface area contributed by atoms with E-state index in [-0.39, 0.29) is 23.3 Å². The van der Waals surface area contributed by atoms with Gasteiger partial charge in [0, 0.05) is 74.4 Å². The molecule has 2 aromatic heterocycles. The van der Waals surface area contributed by atoms with Gasteiger partial charge in [0.05, 0.1) is 4.90 Å². The summed E-state index contributed by atoms with van der Waals surface area (Å²) in [5.41, 5.74) is 2.58. The third kappa shape index (κ3) is 8.50. The summed E-state index contributed by atoms with van der Waals surface area (Å²) in [5, 5.41) is 17.5. The quantitative estimate of drug-likeness (QED) is 0.188. The topological polar surface area (TPSA) is 178 Å². The highest BCUT2D eigenvalue weighted by Gasteiger charge is 2.27. The standard InChI is InChI=1S/C34H41N11O4S/c1-23-21-35-32(39-31(23)36-25-9-7-10-26(20-25)50(48,49)42-34(2,3)4)37-28-12-13-29(41-40-28)44-18-16-43(17-19-44)22-24-8-5-6-11-27(24)45-15-14-30(46)38-33(45)47/h5-13,20-21,42H,14-19,22H2,1-4H3,(H,38,46,47)(H2,35,36,37,39,40). The van der Waals surface area contributed by atoms with Crippen molar-refractivity contribution in [1.29, 1.82) is 0 Å². The van der Waals surface area contributed by atoms with Crippen molar-refractivity contribution in [3.05, 3.63) is 78.0 Å². The highest BCUT2D eigenvalue weighted by molar-refractivity contribution is 7.89. The molecule has 2 fully saturated rings. The Morgan fingerprint density at radius 1 is 0.900 bits per heavy atom. The molecule has 4 heterocycles. The van der Waals surface area contributed by atoms with Crippen LogP contribution in [0.4, 0.5) is 39.6 Å². The number of hydrogen-bond donors (Lipinski definition) is 4. The van der Waals surface area contributed by atoms with Crippen LogP contribution >= 0.6 is 0 Å². The van der Waals surface area contributed by atoms with Crippen LogP contribution < -0.4 is 30.5 Å². The second-order valence-corrected chi connectivity index (χ2v) is 15.0. The number of carbonyl (C=O) groups excluding carboxylic acids is 2. The molecule has 2 aromatic carbocycles. The Kier molecular flexibility index (Phi) is 9.95. The Balaban J connectivity index is 1.05. The molecule has 15 nitrogen and oxygen atoms in total. The van der Waals surface area contributed by atoms with Gasteiger partial charge in [-0.1, -0.05) is 24.3 Å². The summed E-state index contributed by atoms with van der Waals surface area (Å²) >= 11 is 0. The van der Waals surface area contributed by atoms with Gasteiger partial charge in [0.2, 0.25) is 21.9 Å². The molecule has 0 unspecified atom stereocenters. The number of rotatable bonds is 10. The number of amides is 3. The minimum atomic E-state index is -3.71. The lowest BCUT2D eigenvalue weighted by atomic mass is 10.1. The Labute approximate surface area is 291 Å². The van der Waals surface area contributed by atoms with Crippen LogP contribution in [0, 0.1) is 6.92 Å². The van der Waals surface area contributed by atoms with Crippen molar-refractivity contribution in [2.45, 2.75) is 51.1 Å². The van der Waals surface area contributed by atoms with E-state index in [0.717, 1.165) is 48.8 Å². The molecule has 0 aliphatic carbocycles. The normalized spacial score (nSPS) is 15.9. The largest absolute Gasteiger partial charge is 0.353 e. The van der Waals surface area contributed by atoms with Gasteiger partial charge in [0.1, 0.15) is 5.82 Å². The molecule has 50 heavy (non-hydrogen) atoms. The summed E-state index contributed by atoms with van der Waals surface area (Å²) < 4.78 is 28.4. The number of nitrogens with one attached hydrogen (secondary N) is 4. The first-order chi connectivity index (χ1) is 23.8. The van der Waals surface area contributed by atoms with Crippen molar-refractivity contribution in [2.75, 3.05) is 53.2 Å². The van der Waals surface area contributed by atoms with Crippen LogP contribution in [0.1, 0.15) is 38.3 Å². The van der Waals surface area contributed by atoms with Gasteiger partial charge in [-0.3, -0.25) is 19.9 Å². The van der Waals surface area contributed by atoms with E-state index in [4.69, 9.17) is 0 Å². The van der Waals surface area contributed by atoms with Gasteiger partial charge >= 0.3 is 6.03 Å². The number of para-hydroxylation sites is 1. The number of carbonyl (C=O) groups is 2. The third-order valence-electron chi connectivity index (χ3n) is 8.14. The number of piperazine rings is 1. The van der Waals surface area contributed by atoms with Crippen LogP contribution in [0.5, 0.6) is 0 Å². The average molecular weight is 700 g/mol. The smallest absolute Gasteiger partial charge is 0.328 e. The van der Waals surface area contributed by atoms with Gasteiger partial charge in [-0.05, 0) is 69.7 Å². The first-order valence-corrected chi connectivity index (χ1v) is 17.8. The Hall–Kier alpha value is -5.19. The summed E-state index contributed by atoms with van der Waals surface area (Å²) in [6.45, 7) is 11.4. The molecule has 0 spiro atoms. The lowest BCUT2D eigenvalue weighted by molar-refractivity contribution is -0.120. The second-order valence-electron chi connectivity index (χ2n) is 13.3. The second kappa shape index (κ2) is 14.3. The molecule has 6 rings (SSSR count). The number of hydrogen-bond acceptors (Lipinski definition) is 12. The Morgan fingerprint density at radius 3 is 2.40 bits per heavy atom. The summed E-state index contributed by atoms with van der Waals surface area (Å²) in [6, 6.07) is 17.7. The SMILES string of the molecule is Cc1cnc(Nc2ccc(N3CCN(Cc4ccccc4N4CCC(=O)NC4=O)CC3)nn2)nc1Nc1cccc(S(=O)(=O)NC(C)(C)C)c1. The molecule has 0 radical (unpaired) electrons. The van der Waals surface area contributed by atoms with E-state index in [2.05, 4.69) is 50.6 Å². The number of urea groups is 1. The number of nitrogens with zero attached hydrogens (tertiary/aromatic N) is 7. The fourth-order valence-electron chi connectivity index (χ4n) is 5.72. The number of anilines is 6. The third-order valence-corrected chi connectivity index (χ3v) is 9.89. The van der Waals surface area contributed by atoms with Crippen molar-refractivity contribution < 1.29 is 18.0 Å². The minimum Gasteiger partial charge on any atom is -0.353 e. The maximum absolute atomic E-state index is 12.8. The van der Waals surface area contributed by atoms with Gasteiger partial charge < -0.3 is 15.5 Å². The van der Waals surface area contributed by atoms with Gasteiger partial charge in [0.25, 0.3) is 0 Å². The zero-order chi connectivity index (χ0) is 35.5. The molecule has 4 aromatic rings. The van der Waals surface area contributed by atoms with Crippen LogP contribution in [0.3, 0.4) is 0 Å². The summed E-state index contributed by atoms with van der Waals surface area (Å²) in [4.78, 5) is 39.4. The molecule has 16 heteroatoms. The van der Waals surface area contributed by atoms with Crippen LogP contribution in [0.25, 0.3) is 0 Å². The first kappa shape index (κ1) is 34.7. The van der Waals surface area contributed by atoms with Gasteiger partial charge in [0.15, 0.2) is 11.6 Å². The average Bonchev–Trinajstić information content (AvgIpc) is 3.07. The van der Waals surface area contributed by atoms with Crippen molar-refractivity contribution in [2.24, 2.45) is 0 Å². The maximum Gasteiger partial charge on any atom is 0.328 e. The molecule has 3 amide bonds.